The number of anilines is 1. The molecule has 0 aliphatic heterocycles. The predicted molar refractivity (Wildman–Crippen MR) is 99.2 cm³/mol. The maximum Gasteiger partial charge on any atom is 0.0648 e. The minimum absolute atomic E-state index is 0.255. The van der Waals surface area contributed by atoms with E-state index in [-0.39, 0.29) is 5.41 Å². The van der Waals surface area contributed by atoms with Gasteiger partial charge in [-0.1, -0.05) is 49.7 Å². The van der Waals surface area contributed by atoms with Gasteiger partial charge in [0.15, 0.2) is 0 Å². The molecule has 110 valence electrons. The fourth-order valence-electron chi connectivity index (χ4n) is 3.16. The molecule has 0 amide bonds. The topological polar surface area (TPSA) is 12.0 Å². The number of hydrogen-bond donors (Lipinski definition) is 1. The summed E-state index contributed by atoms with van der Waals surface area (Å²) >= 11 is 8.65. The quantitative estimate of drug-likeness (QED) is 0.583. The van der Waals surface area contributed by atoms with Gasteiger partial charge < -0.3 is 5.32 Å². The zero-order valence-electron chi connectivity index (χ0n) is 12.3. The van der Waals surface area contributed by atoms with E-state index in [0.717, 1.165) is 20.7 Å². The molecule has 0 saturated heterocycles. The van der Waals surface area contributed by atoms with Crippen molar-refractivity contribution in [3.05, 3.63) is 62.2 Å². The minimum Gasteiger partial charge on any atom is -0.377 e. The summed E-state index contributed by atoms with van der Waals surface area (Å²) in [7, 11) is 0. The molecule has 1 aliphatic rings. The molecular formula is C18H19ClIN. The normalized spacial score (nSPS) is 19.9. The van der Waals surface area contributed by atoms with Crippen molar-refractivity contribution in [2.24, 2.45) is 0 Å². The van der Waals surface area contributed by atoms with Gasteiger partial charge in [0.25, 0.3) is 0 Å². The van der Waals surface area contributed by atoms with Crippen molar-refractivity contribution >= 4 is 39.9 Å². The molecule has 1 atom stereocenters. The summed E-state index contributed by atoms with van der Waals surface area (Å²) in [5.41, 5.74) is 4.14. The van der Waals surface area contributed by atoms with Crippen molar-refractivity contribution in [3.63, 3.8) is 0 Å². The Hall–Kier alpha value is -0.740. The van der Waals surface area contributed by atoms with Crippen molar-refractivity contribution in [2.75, 3.05) is 5.32 Å². The highest BCUT2D eigenvalue weighted by atomic mass is 127. The maximum atomic E-state index is 6.36. The van der Waals surface area contributed by atoms with Crippen LogP contribution in [0.3, 0.4) is 0 Å². The van der Waals surface area contributed by atoms with E-state index in [1.54, 1.807) is 0 Å². The molecule has 3 heteroatoms. The summed E-state index contributed by atoms with van der Waals surface area (Å²) in [6.45, 7) is 4.67. The average Bonchev–Trinajstić information content (AvgIpc) is 2.45. The molecule has 0 bridgehead atoms. The van der Waals surface area contributed by atoms with Gasteiger partial charge in [-0.15, -0.1) is 0 Å². The number of halogens is 2. The number of hydrogen-bond acceptors (Lipinski definition) is 1. The summed E-state index contributed by atoms with van der Waals surface area (Å²) in [5.74, 6) is 0. The fraction of sp³-hybridized carbons (Fsp3) is 0.333. The third-order valence-electron chi connectivity index (χ3n) is 4.38. The lowest BCUT2D eigenvalue weighted by Gasteiger charge is -2.37. The lowest BCUT2D eigenvalue weighted by atomic mass is 9.71. The van der Waals surface area contributed by atoms with Gasteiger partial charge in [-0.3, -0.25) is 0 Å². The Bertz CT molecular complexity index is 666. The van der Waals surface area contributed by atoms with E-state index in [1.807, 2.05) is 6.07 Å². The van der Waals surface area contributed by atoms with E-state index in [4.69, 9.17) is 11.6 Å². The van der Waals surface area contributed by atoms with Gasteiger partial charge >= 0.3 is 0 Å². The molecule has 0 fully saturated rings. The zero-order chi connectivity index (χ0) is 15.0. The molecule has 1 aliphatic carbocycles. The Morgan fingerprint density at radius 1 is 1.19 bits per heavy atom. The summed E-state index contributed by atoms with van der Waals surface area (Å²) in [5, 5.41) is 4.43. The van der Waals surface area contributed by atoms with E-state index >= 15 is 0 Å². The van der Waals surface area contributed by atoms with Crippen LogP contribution in [0.15, 0.2) is 42.5 Å². The van der Waals surface area contributed by atoms with Crippen LogP contribution in [0.1, 0.15) is 43.9 Å². The van der Waals surface area contributed by atoms with Crippen LogP contribution in [0.2, 0.25) is 5.02 Å². The second-order valence-electron chi connectivity index (χ2n) is 6.33. The van der Waals surface area contributed by atoms with Gasteiger partial charge in [0.2, 0.25) is 0 Å². The largest absolute Gasteiger partial charge is 0.377 e. The fourth-order valence-corrected chi connectivity index (χ4v) is 4.07. The van der Waals surface area contributed by atoms with Gasteiger partial charge in [0.1, 0.15) is 0 Å². The van der Waals surface area contributed by atoms with Crippen LogP contribution in [0.4, 0.5) is 5.69 Å². The molecular weight excluding hydrogens is 393 g/mol. The average molecular weight is 412 g/mol. The van der Waals surface area contributed by atoms with Crippen molar-refractivity contribution < 1.29 is 0 Å². The lowest BCUT2D eigenvalue weighted by Crippen LogP contribution is -2.29. The van der Waals surface area contributed by atoms with Crippen molar-refractivity contribution in [2.45, 2.75) is 38.1 Å². The zero-order valence-corrected chi connectivity index (χ0v) is 15.2. The first kappa shape index (κ1) is 15.2. The first-order chi connectivity index (χ1) is 9.97. The van der Waals surface area contributed by atoms with Gasteiger partial charge in [-0.25, -0.2) is 0 Å². The first-order valence-corrected chi connectivity index (χ1v) is 8.74. The molecule has 3 rings (SSSR count). The van der Waals surface area contributed by atoms with Crippen LogP contribution in [0, 0.1) is 3.57 Å². The standard InChI is InChI=1S/C18H19ClIN/c1-18(2)10-9-16(13-5-3-4-6-14(13)18)21-17-8-7-12(20)11-15(17)19/h3-8,11,16,21H,9-10H2,1-2H3. The van der Waals surface area contributed by atoms with E-state index in [9.17, 15) is 0 Å². The number of benzene rings is 2. The number of rotatable bonds is 2. The van der Waals surface area contributed by atoms with Crippen molar-refractivity contribution in [3.8, 4) is 0 Å². The molecule has 0 saturated carbocycles. The lowest BCUT2D eigenvalue weighted by molar-refractivity contribution is 0.406. The van der Waals surface area contributed by atoms with Crippen molar-refractivity contribution in [1.29, 1.82) is 0 Å². The van der Waals surface area contributed by atoms with Crippen LogP contribution in [-0.4, -0.2) is 0 Å². The highest BCUT2D eigenvalue weighted by Crippen LogP contribution is 2.43. The van der Waals surface area contributed by atoms with E-state index in [1.165, 1.54) is 17.5 Å². The van der Waals surface area contributed by atoms with Gasteiger partial charge in [-0.2, -0.15) is 0 Å². The summed E-state index contributed by atoms with van der Waals surface area (Å²) in [6, 6.07) is 15.3. The monoisotopic (exact) mass is 411 g/mol. The Kier molecular flexibility index (Phi) is 4.19. The SMILES string of the molecule is CC1(C)CCC(Nc2ccc(I)cc2Cl)c2ccccc21. The second-order valence-corrected chi connectivity index (χ2v) is 7.98. The summed E-state index contributed by atoms with van der Waals surface area (Å²) in [6.07, 6.45) is 2.32. The molecule has 0 spiro atoms. The maximum absolute atomic E-state index is 6.36. The van der Waals surface area contributed by atoms with Crippen molar-refractivity contribution in [1.82, 2.24) is 0 Å². The Morgan fingerprint density at radius 2 is 1.95 bits per heavy atom. The third kappa shape index (κ3) is 3.07. The third-order valence-corrected chi connectivity index (χ3v) is 5.37. The number of fused-ring (bicyclic) bond motifs is 1. The molecule has 1 nitrogen and oxygen atoms in total. The molecule has 0 radical (unpaired) electrons. The Morgan fingerprint density at radius 3 is 2.71 bits per heavy atom. The van der Waals surface area contributed by atoms with Crippen LogP contribution >= 0.6 is 34.2 Å². The second kappa shape index (κ2) is 5.81. The molecule has 2 aromatic carbocycles. The summed E-state index contributed by atoms with van der Waals surface area (Å²) < 4.78 is 1.16. The molecule has 1 N–H and O–H groups in total. The van der Waals surface area contributed by atoms with Crippen LogP contribution < -0.4 is 5.32 Å². The molecule has 2 aromatic rings. The van der Waals surface area contributed by atoms with E-state index in [2.05, 4.69) is 78.2 Å². The highest BCUT2D eigenvalue weighted by Gasteiger charge is 2.32. The number of nitrogens with one attached hydrogen (secondary N) is 1. The van der Waals surface area contributed by atoms with E-state index < -0.39 is 0 Å². The smallest absolute Gasteiger partial charge is 0.0648 e. The van der Waals surface area contributed by atoms with E-state index in [0.29, 0.717) is 6.04 Å². The minimum atomic E-state index is 0.255. The van der Waals surface area contributed by atoms with Crippen LogP contribution in [0.25, 0.3) is 0 Å². The highest BCUT2D eigenvalue weighted by molar-refractivity contribution is 14.1. The molecule has 21 heavy (non-hydrogen) atoms. The molecule has 0 aromatic heterocycles. The Balaban J connectivity index is 1.94. The Labute approximate surface area is 145 Å². The van der Waals surface area contributed by atoms with Gasteiger partial charge in [0.05, 0.1) is 16.8 Å². The molecule has 0 heterocycles. The predicted octanol–water partition coefficient (Wildman–Crippen LogP) is 6.17. The summed E-state index contributed by atoms with van der Waals surface area (Å²) in [4.78, 5) is 0. The molecule has 1 unspecified atom stereocenters. The van der Waals surface area contributed by atoms with Crippen LogP contribution in [-0.2, 0) is 5.41 Å². The first-order valence-electron chi connectivity index (χ1n) is 7.28. The van der Waals surface area contributed by atoms with Crippen LogP contribution in [0.5, 0.6) is 0 Å². The van der Waals surface area contributed by atoms with Gasteiger partial charge in [-0.05, 0) is 70.2 Å². The van der Waals surface area contributed by atoms with Gasteiger partial charge in [0, 0.05) is 3.57 Å².